The molecule has 1 aromatic heterocycles. The van der Waals surface area contributed by atoms with Crippen molar-refractivity contribution < 1.29 is 8.42 Å². The Labute approximate surface area is 145 Å². The van der Waals surface area contributed by atoms with Gasteiger partial charge in [0.05, 0.1) is 16.3 Å². The molecular weight excluding hydrogens is 346 g/mol. The van der Waals surface area contributed by atoms with E-state index in [9.17, 15) is 8.42 Å². The molecule has 124 valence electrons. The first kappa shape index (κ1) is 16.7. The van der Waals surface area contributed by atoms with Crippen LogP contribution in [0.2, 0.25) is 5.02 Å². The summed E-state index contributed by atoms with van der Waals surface area (Å²) in [6.07, 6.45) is 0.886. The number of sulfone groups is 1. The van der Waals surface area contributed by atoms with Gasteiger partial charge in [-0.25, -0.2) is 13.1 Å². The lowest BCUT2D eigenvalue weighted by molar-refractivity contribution is 0.591. The van der Waals surface area contributed by atoms with Crippen molar-refractivity contribution in [2.45, 2.75) is 30.2 Å². The van der Waals surface area contributed by atoms with Crippen LogP contribution in [0.3, 0.4) is 0 Å². The van der Waals surface area contributed by atoms with Crippen LogP contribution in [0.15, 0.2) is 58.5 Å². The highest BCUT2D eigenvalue weighted by molar-refractivity contribution is 7.91. The van der Waals surface area contributed by atoms with Crippen LogP contribution < -0.4 is 0 Å². The van der Waals surface area contributed by atoms with Crippen LogP contribution in [0.25, 0.3) is 5.69 Å². The summed E-state index contributed by atoms with van der Waals surface area (Å²) in [5, 5.41) is 8.37. The van der Waals surface area contributed by atoms with Gasteiger partial charge in [-0.3, -0.25) is 0 Å². The first-order valence-corrected chi connectivity index (χ1v) is 9.32. The number of nitrogens with zero attached hydrogens (tertiary/aromatic N) is 3. The summed E-state index contributed by atoms with van der Waals surface area (Å²) in [7, 11) is -3.74. The molecule has 0 aliphatic carbocycles. The third-order valence-corrected chi connectivity index (χ3v) is 5.82. The summed E-state index contributed by atoms with van der Waals surface area (Å²) in [4.78, 5) is 0.143. The molecule has 24 heavy (non-hydrogen) atoms. The van der Waals surface area contributed by atoms with Gasteiger partial charge >= 0.3 is 0 Å². The third-order valence-electron chi connectivity index (χ3n) is 3.79. The molecule has 0 amide bonds. The molecule has 0 aliphatic heterocycles. The van der Waals surface area contributed by atoms with Crippen molar-refractivity contribution in [3.63, 3.8) is 0 Å². The largest absolute Gasteiger partial charge is 0.227 e. The maximum atomic E-state index is 12.8. The predicted octanol–water partition coefficient (Wildman–Crippen LogP) is 3.62. The van der Waals surface area contributed by atoms with Crippen LogP contribution in [-0.4, -0.2) is 23.4 Å². The number of hydrogen-bond acceptors (Lipinski definition) is 4. The van der Waals surface area contributed by atoms with E-state index in [1.807, 2.05) is 24.3 Å². The van der Waals surface area contributed by atoms with E-state index in [2.05, 4.69) is 17.2 Å². The minimum Gasteiger partial charge on any atom is -0.217 e. The Kier molecular flexibility index (Phi) is 4.43. The standard InChI is InChI=1S/C17H16ClN3O2S/c1-3-13-5-4-6-15(11-13)21-12(2)17(19-20-21)24(22,23)16-9-7-14(18)8-10-16/h4-11H,3H2,1-2H3. The van der Waals surface area contributed by atoms with Gasteiger partial charge in [-0.2, -0.15) is 0 Å². The molecule has 3 rings (SSSR count). The van der Waals surface area contributed by atoms with Crippen LogP contribution in [-0.2, 0) is 16.3 Å². The Morgan fingerprint density at radius 2 is 1.83 bits per heavy atom. The number of hydrogen-bond donors (Lipinski definition) is 0. The summed E-state index contributed by atoms with van der Waals surface area (Å²) in [5.41, 5.74) is 2.40. The molecule has 0 N–H and O–H groups in total. The van der Waals surface area contributed by atoms with E-state index < -0.39 is 9.84 Å². The maximum absolute atomic E-state index is 12.8. The van der Waals surface area contributed by atoms with E-state index in [4.69, 9.17) is 11.6 Å². The first-order chi connectivity index (χ1) is 11.4. The molecule has 0 unspecified atom stereocenters. The molecule has 3 aromatic rings. The molecule has 1 heterocycles. The Morgan fingerprint density at radius 3 is 2.50 bits per heavy atom. The van der Waals surface area contributed by atoms with Crippen molar-refractivity contribution in [1.29, 1.82) is 0 Å². The Bertz CT molecular complexity index is 979. The molecule has 0 saturated carbocycles. The summed E-state index contributed by atoms with van der Waals surface area (Å²) < 4.78 is 27.1. The number of aromatic nitrogens is 3. The molecular formula is C17H16ClN3O2S. The molecule has 0 radical (unpaired) electrons. The highest BCUT2D eigenvalue weighted by Gasteiger charge is 2.25. The smallest absolute Gasteiger partial charge is 0.217 e. The van der Waals surface area contributed by atoms with Crippen molar-refractivity contribution in [3.05, 3.63) is 64.8 Å². The van der Waals surface area contributed by atoms with Gasteiger partial charge in [0.25, 0.3) is 0 Å². The van der Waals surface area contributed by atoms with Gasteiger partial charge in [0.2, 0.25) is 14.9 Å². The van der Waals surface area contributed by atoms with Crippen LogP contribution >= 0.6 is 11.6 Å². The average Bonchev–Trinajstić information content (AvgIpc) is 2.97. The van der Waals surface area contributed by atoms with Crippen LogP contribution in [0.1, 0.15) is 18.2 Å². The molecule has 0 bridgehead atoms. The average molecular weight is 362 g/mol. The molecule has 0 aliphatic rings. The Hall–Kier alpha value is -2.18. The Morgan fingerprint density at radius 1 is 1.12 bits per heavy atom. The van der Waals surface area contributed by atoms with Crippen LogP contribution in [0.5, 0.6) is 0 Å². The van der Waals surface area contributed by atoms with Gasteiger partial charge in [0.1, 0.15) is 0 Å². The molecule has 0 spiro atoms. The monoisotopic (exact) mass is 361 g/mol. The molecule has 0 saturated heterocycles. The number of benzene rings is 2. The second kappa shape index (κ2) is 6.37. The lowest BCUT2D eigenvalue weighted by Gasteiger charge is -2.06. The van der Waals surface area contributed by atoms with Crippen molar-refractivity contribution in [2.24, 2.45) is 0 Å². The van der Waals surface area contributed by atoms with E-state index in [-0.39, 0.29) is 9.92 Å². The topological polar surface area (TPSA) is 64.8 Å². The fourth-order valence-electron chi connectivity index (χ4n) is 2.44. The lowest BCUT2D eigenvalue weighted by Crippen LogP contribution is -2.05. The molecule has 2 aromatic carbocycles. The van der Waals surface area contributed by atoms with Gasteiger partial charge in [-0.1, -0.05) is 35.9 Å². The van der Waals surface area contributed by atoms with E-state index in [0.29, 0.717) is 10.7 Å². The zero-order valence-corrected chi connectivity index (χ0v) is 14.8. The van der Waals surface area contributed by atoms with Gasteiger partial charge in [0, 0.05) is 5.02 Å². The molecule has 0 fully saturated rings. The molecule has 0 atom stereocenters. The Balaban J connectivity index is 2.08. The minimum absolute atomic E-state index is 0.0493. The predicted molar refractivity (Wildman–Crippen MR) is 92.4 cm³/mol. The summed E-state index contributed by atoms with van der Waals surface area (Å²) in [6, 6.07) is 13.8. The highest BCUT2D eigenvalue weighted by Crippen LogP contribution is 2.24. The summed E-state index contributed by atoms with van der Waals surface area (Å²) in [5.74, 6) is 0. The molecule has 5 nitrogen and oxygen atoms in total. The first-order valence-electron chi connectivity index (χ1n) is 7.45. The van der Waals surface area contributed by atoms with E-state index in [0.717, 1.165) is 17.7 Å². The normalized spacial score (nSPS) is 11.6. The van der Waals surface area contributed by atoms with Gasteiger partial charge in [0.15, 0.2) is 0 Å². The minimum atomic E-state index is -3.74. The summed E-state index contributed by atoms with van der Waals surface area (Å²) >= 11 is 5.82. The maximum Gasteiger partial charge on any atom is 0.227 e. The van der Waals surface area contributed by atoms with Gasteiger partial charge in [-0.15, -0.1) is 5.10 Å². The zero-order chi connectivity index (χ0) is 17.3. The van der Waals surface area contributed by atoms with Crippen molar-refractivity contribution in [1.82, 2.24) is 15.0 Å². The van der Waals surface area contributed by atoms with Crippen molar-refractivity contribution in [3.8, 4) is 5.69 Å². The summed E-state index contributed by atoms with van der Waals surface area (Å²) in [6.45, 7) is 3.76. The number of rotatable bonds is 4. The van der Waals surface area contributed by atoms with E-state index >= 15 is 0 Å². The number of aryl methyl sites for hydroxylation is 1. The van der Waals surface area contributed by atoms with Crippen LogP contribution in [0.4, 0.5) is 0 Å². The third kappa shape index (κ3) is 2.95. The zero-order valence-electron chi connectivity index (χ0n) is 13.3. The SMILES string of the molecule is CCc1cccc(-n2nnc(S(=O)(=O)c3ccc(Cl)cc3)c2C)c1. The second-order valence-electron chi connectivity index (χ2n) is 5.37. The molecule has 7 heteroatoms. The van der Waals surface area contributed by atoms with Crippen molar-refractivity contribution in [2.75, 3.05) is 0 Å². The van der Waals surface area contributed by atoms with Crippen molar-refractivity contribution >= 4 is 21.4 Å². The fraction of sp³-hybridized carbons (Fsp3) is 0.176. The quantitative estimate of drug-likeness (QED) is 0.711. The van der Waals surface area contributed by atoms with E-state index in [1.54, 1.807) is 23.7 Å². The number of halogens is 1. The second-order valence-corrected chi connectivity index (χ2v) is 7.67. The fourth-order valence-corrected chi connectivity index (χ4v) is 3.91. The van der Waals surface area contributed by atoms with Gasteiger partial charge in [-0.05, 0) is 55.3 Å². The lowest BCUT2D eigenvalue weighted by atomic mass is 10.1. The van der Waals surface area contributed by atoms with Gasteiger partial charge < -0.3 is 0 Å². The highest BCUT2D eigenvalue weighted by atomic mass is 35.5. The van der Waals surface area contributed by atoms with Crippen LogP contribution in [0, 0.1) is 6.92 Å². The van der Waals surface area contributed by atoms with E-state index in [1.165, 1.54) is 12.1 Å².